The first-order chi connectivity index (χ1) is 10.1. The summed E-state index contributed by atoms with van der Waals surface area (Å²) in [7, 11) is 3.84. The molecule has 1 saturated heterocycles. The molecule has 2 aromatic rings. The number of hydrogen-bond donors (Lipinski definition) is 1. The van der Waals surface area contributed by atoms with E-state index in [0.29, 0.717) is 17.9 Å². The number of aromatic nitrogens is 4. The van der Waals surface area contributed by atoms with E-state index in [1.54, 1.807) is 10.9 Å². The first-order valence-corrected chi connectivity index (χ1v) is 7.43. The van der Waals surface area contributed by atoms with Crippen LogP contribution in [0.5, 0.6) is 0 Å². The van der Waals surface area contributed by atoms with Gasteiger partial charge in [0.15, 0.2) is 5.65 Å². The molecule has 21 heavy (non-hydrogen) atoms. The zero-order chi connectivity index (χ0) is 14.8. The van der Waals surface area contributed by atoms with Gasteiger partial charge in [0.25, 0.3) is 0 Å². The number of fused-ring (bicyclic) bond motifs is 1. The summed E-state index contributed by atoms with van der Waals surface area (Å²) >= 11 is 0. The van der Waals surface area contributed by atoms with E-state index in [0.717, 1.165) is 37.0 Å². The van der Waals surface area contributed by atoms with Gasteiger partial charge in [-0.1, -0.05) is 0 Å². The lowest BCUT2D eigenvalue weighted by Crippen LogP contribution is -2.28. The van der Waals surface area contributed by atoms with Crippen molar-refractivity contribution in [3.8, 4) is 0 Å². The summed E-state index contributed by atoms with van der Waals surface area (Å²) in [5.41, 5.74) is 6.75. The van der Waals surface area contributed by atoms with Crippen LogP contribution in [-0.4, -0.2) is 46.1 Å². The summed E-state index contributed by atoms with van der Waals surface area (Å²) in [5.74, 6) is 1.11. The van der Waals surface area contributed by atoms with Gasteiger partial charge in [0.1, 0.15) is 5.82 Å². The molecule has 3 rings (SSSR count). The highest BCUT2D eigenvalue weighted by Crippen LogP contribution is 2.21. The van der Waals surface area contributed by atoms with Gasteiger partial charge in [0.2, 0.25) is 5.95 Å². The molecule has 0 amide bonds. The maximum absolute atomic E-state index is 5.99. The third kappa shape index (κ3) is 2.92. The van der Waals surface area contributed by atoms with Gasteiger partial charge >= 0.3 is 0 Å². The molecule has 114 valence electrons. The molecule has 2 N–H and O–H groups in total. The van der Waals surface area contributed by atoms with Gasteiger partial charge in [-0.3, -0.25) is 4.68 Å². The lowest BCUT2D eigenvalue weighted by Gasteiger charge is -2.25. The Labute approximate surface area is 124 Å². The van der Waals surface area contributed by atoms with E-state index < -0.39 is 0 Å². The summed E-state index contributed by atoms with van der Waals surface area (Å²) in [6.07, 6.45) is 6.64. The quantitative estimate of drug-likeness (QED) is 0.915. The SMILES string of the molecule is CN(CCC1CCCCO1)c1nc(N)c2cnn(C)c2n1. The normalized spacial score (nSPS) is 19.0. The van der Waals surface area contributed by atoms with E-state index in [9.17, 15) is 0 Å². The molecule has 2 aromatic heterocycles. The molecule has 3 heterocycles. The number of nitrogen functional groups attached to an aromatic ring is 1. The van der Waals surface area contributed by atoms with Crippen LogP contribution in [-0.2, 0) is 11.8 Å². The molecule has 1 unspecified atom stereocenters. The number of nitrogens with zero attached hydrogens (tertiary/aromatic N) is 5. The van der Waals surface area contributed by atoms with Crippen molar-refractivity contribution >= 4 is 22.8 Å². The third-order valence-electron chi connectivity index (χ3n) is 4.01. The molecule has 0 saturated carbocycles. The number of ether oxygens (including phenoxy) is 1. The van der Waals surface area contributed by atoms with Crippen molar-refractivity contribution < 1.29 is 4.74 Å². The topological polar surface area (TPSA) is 82.1 Å². The van der Waals surface area contributed by atoms with Gasteiger partial charge in [-0.2, -0.15) is 15.1 Å². The van der Waals surface area contributed by atoms with E-state index in [1.807, 2.05) is 19.0 Å². The number of hydrogen-bond acceptors (Lipinski definition) is 6. The van der Waals surface area contributed by atoms with Crippen LogP contribution in [0.15, 0.2) is 6.20 Å². The number of aryl methyl sites for hydroxylation is 1. The van der Waals surface area contributed by atoms with Gasteiger partial charge in [0.05, 0.1) is 17.7 Å². The molecule has 7 nitrogen and oxygen atoms in total. The second-order valence-corrected chi connectivity index (χ2v) is 5.61. The van der Waals surface area contributed by atoms with Crippen molar-refractivity contribution in [3.05, 3.63) is 6.20 Å². The van der Waals surface area contributed by atoms with Crippen molar-refractivity contribution in [2.45, 2.75) is 31.8 Å². The minimum absolute atomic E-state index is 0.360. The highest BCUT2D eigenvalue weighted by Gasteiger charge is 2.16. The Morgan fingerprint density at radius 2 is 2.29 bits per heavy atom. The van der Waals surface area contributed by atoms with Crippen molar-refractivity contribution in [2.75, 3.05) is 30.8 Å². The molecule has 1 atom stereocenters. The Kier molecular flexibility index (Phi) is 3.92. The first kappa shape index (κ1) is 14.1. The third-order valence-corrected chi connectivity index (χ3v) is 4.01. The maximum atomic E-state index is 5.99. The predicted octanol–water partition coefficient (Wildman–Crippen LogP) is 1.34. The minimum atomic E-state index is 0.360. The lowest BCUT2D eigenvalue weighted by atomic mass is 10.1. The Morgan fingerprint density at radius 1 is 1.43 bits per heavy atom. The van der Waals surface area contributed by atoms with Crippen LogP contribution < -0.4 is 10.6 Å². The van der Waals surface area contributed by atoms with E-state index in [1.165, 1.54) is 12.8 Å². The minimum Gasteiger partial charge on any atom is -0.383 e. The highest BCUT2D eigenvalue weighted by atomic mass is 16.5. The van der Waals surface area contributed by atoms with E-state index in [2.05, 4.69) is 15.1 Å². The van der Waals surface area contributed by atoms with Gasteiger partial charge in [-0.15, -0.1) is 0 Å². The van der Waals surface area contributed by atoms with Gasteiger partial charge < -0.3 is 15.4 Å². The Morgan fingerprint density at radius 3 is 3.05 bits per heavy atom. The molecule has 1 fully saturated rings. The first-order valence-electron chi connectivity index (χ1n) is 7.43. The molecule has 7 heteroatoms. The van der Waals surface area contributed by atoms with Crippen LogP contribution in [0.25, 0.3) is 11.0 Å². The van der Waals surface area contributed by atoms with Crippen molar-refractivity contribution in [2.24, 2.45) is 7.05 Å². The molecular weight excluding hydrogens is 268 g/mol. The number of anilines is 2. The predicted molar refractivity (Wildman–Crippen MR) is 82.2 cm³/mol. The Hall–Kier alpha value is -1.89. The second-order valence-electron chi connectivity index (χ2n) is 5.61. The molecular formula is C14H22N6O. The highest BCUT2D eigenvalue weighted by molar-refractivity contribution is 5.86. The fourth-order valence-electron chi connectivity index (χ4n) is 2.68. The van der Waals surface area contributed by atoms with Gasteiger partial charge in [0, 0.05) is 27.2 Å². The van der Waals surface area contributed by atoms with Crippen molar-refractivity contribution in [1.82, 2.24) is 19.7 Å². The number of rotatable bonds is 4. The standard InChI is InChI=1S/C14H22N6O/c1-19(7-6-10-5-3-4-8-21-10)14-17-12(15)11-9-16-20(2)13(11)18-14/h9-10H,3-8H2,1-2H3,(H2,15,17,18). The average Bonchev–Trinajstić information content (AvgIpc) is 2.88. The van der Waals surface area contributed by atoms with Gasteiger partial charge in [-0.05, 0) is 25.7 Å². The lowest BCUT2D eigenvalue weighted by molar-refractivity contribution is 0.0126. The van der Waals surface area contributed by atoms with Gasteiger partial charge in [-0.25, -0.2) is 0 Å². The van der Waals surface area contributed by atoms with E-state index >= 15 is 0 Å². The van der Waals surface area contributed by atoms with Crippen LogP contribution in [0.4, 0.5) is 11.8 Å². The summed E-state index contributed by atoms with van der Waals surface area (Å²) in [6.45, 7) is 1.74. The van der Waals surface area contributed by atoms with Crippen LogP contribution in [0.3, 0.4) is 0 Å². The molecule has 0 aromatic carbocycles. The van der Waals surface area contributed by atoms with Crippen LogP contribution in [0.2, 0.25) is 0 Å². The zero-order valence-electron chi connectivity index (χ0n) is 12.6. The molecule has 0 bridgehead atoms. The number of nitrogens with two attached hydrogens (primary N) is 1. The fraction of sp³-hybridized carbons (Fsp3) is 0.643. The van der Waals surface area contributed by atoms with E-state index in [4.69, 9.17) is 10.5 Å². The van der Waals surface area contributed by atoms with Crippen molar-refractivity contribution in [3.63, 3.8) is 0 Å². The molecule has 0 radical (unpaired) electrons. The van der Waals surface area contributed by atoms with Crippen molar-refractivity contribution in [1.29, 1.82) is 0 Å². The molecule has 1 aliphatic rings. The summed E-state index contributed by atoms with van der Waals surface area (Å²) in [4.78, 5) is 11.0. The smallest absolute Gasteiger partial charge is 0.229 e. The molecule has 0 spiro atoms. The largest absolute Gasteiger partial charge is 0.383 e. The zero-order valence-corrected chi connectivity index (χ0v) is 12.6. The Bertz CT molecular complexity index is 619. The average molecular weight is 290 g/mol. The van der Waals surface area contributed by atoms with E-state index in [-0.39, 0.29) is 0 Å². The molecule has 1 aliphatic heterocycles. The summed E-state index contributed by atoms with van der Waals surface area (Å²) in [5, 5.41) is 4.97. The van der Waals surface area contributed by atoms with Crippen LogP contribution in [0.1, 0.15) is 25.7 Å². The molecule has 0 aliphatic carbocycles. The fourth-order valence-corrected chi connectivity index (χ4v) is 2.68. The maximum Gasteiger partial charge on any atom is 0.229 e. The van der Waals surface area contributed by atoms with Crippen LogP contribution >= 0.6 is 0 Å². The monoisotopic (exact) mass is 290 g/mol. The summed E-state index contributed by atoms with van der Waals surface area (Å²) in [6, 6.07) is 0. The summed E-state index contributed by atoms with van der Waals surface area (Å²) < 4.78 is 7.48. The second kappa shape index (κ2) is 5.85. The Balaban J connectivity index is 1.71. The van der Waals surface area contributed by atoms with Crippen LogP contribution in [0, 0.1) is 0 Å².